The SMILES string of the molecule is COC(=O)CCc1ccc(-n2c(=O)[nH]c3c(c2=O)COC3)cc1. The lowest BCUT2D eigenvalue weighted by atomic mass is 10.1. The predicted octanol–water partition coefficient (Wildman–Crippen LogP) is 0.662. The first-order valence-corrected chi connectivity index (χ1v) is 7.21. The maximum Gasteiger partial charge on any atom is 0.333 e. The van der Waals surface area contributed by atoms with Crippen molar-refractivity contribution in [1.82, 2.24) is 9.55 Å². The van der Waals surface area contributed by atoms with Crippen LogP contribution < -0.4 is 11.2 Å². The number of aromatic amines is 1. The number of aromatic nitrogens is 2. The van der Waals surface area contributed by atoms with Gasteiger partial charge in [0.05, 0.1) is 37.3 Å². The van der Waals surface area contributed by atoms with Crippen LogP contribution in [0.4, 0.5) is 0 Å². The Labute approximate surface area is 131 Å². The van der Waals surface area contributed by atoms with E-state index in [0.29, 0.717) is 23.4 Å². The molecule has 1 aliphatic rings. The van der Waals surface area contributed by atoms with E-state index >= 15 is 0 Å². The molecule has 0 saturated carbocycles. The van der Waals surface area contributed by atoms with Gasteiger partial charge in [-0.05, 0) is 24.1 Å². The van der Waals surface area contributed by atoms with Crippen LogP contribution in [0.5, 0.6) is 0 Å². The minimum atomic E-state index is -0.485. The summed E-state index contributed by atoms with van der Waals surface area (Å²) in [6.45, 7) is 0.468. The molecular weight excluding hydrogens is 300 g/mol. The van der Waals surface area contributed by atoms with Gasteiger partial charge in [0.1, 0.15) is 0 Å². The molecule has 2 aromatic rings. The number of rotatable bonds is 4. The summed E-state index contributed by atoms with van der Waals surface area (Å²) < 4.78 is 10.9. The third-order valence-electron chi connectivity index (χ3n) is 3.82. The predicted molar refractivity (Wildman–Crippen MR) is 81.5 cm³/mol. The van der Waals surface area contributed by atoms with Crippen LogP contribution in [-0.4, -0.2) is 22.6 Å². The lowest BCUT2D eigenvalue weighted by Gasteiger charge is -2.07. The second kappa shape index (κ2) is 6.21. The molecule has 0 fully saturated rings. The number of methoxy groups -OCH3 is 1. The van der Waals surface area contributed by atoms with Crippen LogP contribution in [-0.2, 0) is 33.9 Å². The normalized spacial score (nSPS) is 12.9. The molecule has 0 aliphatic carbocycles. The molecule has 1 aromatic carbocycles. The summed E-state index contributed by atoms with van der Waals surface area (Å²) >= 11 is 0. The molecule has 0 radical (unpaired) electrons. The Morgan fingerprint density at radius 1 is 1.26 bits per heavy atom. The Kier molecular flexibility index (Phi) is 4.12. The standard InChI is InChI=1S/C16H16N2O5/c1-22-14(19)7-4-10-2-5-11(6-3-10)18-15(20)12-8-23-9-13(12)17-16(18)21/h2-3,5-6H,4,7-9H2,1H3,(H,17,21). The number of hydrogen-bond donors (Lipinski definition) is 1. The molecule has 0 bridgehead atoms. The van der Waals surface area contributed by atoms with Gasteiger partial charge >= 0.3 is 11.7 Å². The van der Waals surface area contributed by atoms with E-state index in [1.807, 2.05) is 0 Å². The van der Waals surface area contributed by atoms with E-state index in [4.69, 9.17) is 4.74 Å². The first-order valence-electron chi connectivity index (χ1n) is 7.21. The van der Waals surface area contributed by atoms with E-state index in [1.165, 1.54) is 7.11 Å². The van der Waals surface area contributed by atoms with Crippen molar-refractivity contribution in [3.05, 3.63) is 61.9 Å². The Morgan fingerprint density at radius 3 is 2.70 bits per heavy atom. The van der Waals surface area contributed by atoms with E-state index < -0.39 is 5.69 Å². The Balaban J connectivity index is 1.90. The van der Waals surface area contributed by atoms with Crippen LogP contribution in [0.15, 0.2) is 33.9 Å². The smallest absolute Gasteiger partial charge is 0.333 e. The number of aryl methyl sites for hydroxylation is 1. The number of H-pyrrole nitrogens is 1. The lowest BCUT2D eigenvalue weighted by molar-refractivity contribution is -0.140. The van der Waals surface area contributed by atoms with Crippen LogP contribution in [0.25, 0.3) is 5.69 Å². The average molecular weight is 316 g/mol. The number of esters is 1. The second-order valence-electron chi connectivity index (χ2n) is 5.26. The van der Waals surface area contributed by atoms with Crippen molar-refractivity contribution >= 4 is 5.97 Å². The zero-order valence-corrected chi connectivity index (χ0v) is 12.6. The highest BCUT2D eigenvalue weighted by molar-refractivity contribution is 5.69. The molecule has 0 unspecified atom stereocenters. The fourth-order valence-electron chi connectivity index (χ4n) is 2.54. The van der Waals surface area contributed by atoms with Gasteiger partial charge in [0.15, 0.2) is 0 Å². The largest absolute Gasteiger partial charge is 0.469 e. The Bertz CT molecular complexity index is 848. The number of fused-ring (bicyclic) bond motifs is 1. The van der Waals surface area contributed by atoms with Gasteiger partial charge in [0.25, 0.3) is 5.56 Å². The Morgan fingerprint density at radius 2 is 2.00 bits per heavy atom. The molecule has 7 nitrogen and oxygen atoms in total. The van der Waals surface area contributed by atoms with Gasteiger partial charge in [-0.1, -0.05) is 12.1 Å². The monoisotopic (exact) mass is 316 g/mol. The first kappa shape index (κ1) is 15.2. The highest BCUT2D eigenvalue weighted by atomic mass is 16.5. The van der Waals surface area contributed by atoms with Crippen molar-refractivity contribution in [2.45, 2.75) is 26.1 Å². The van der Waals surface area contributed by atoms with Crippen LogP contribution in [0.1, 0.15) is 23.2 Å². The van der Waals surface area contributed by atoms with Gasteiger partial charge in [-0.3, -0.25) is 9.59 Å². The molecule has 23 heavy (non-hydrogen) atoms. The summed E-state index contributed by atoms with van der Waals surface area (Å²) in [5, 5.41) is 0. The molecule has 0 saturated heterocycles. The Hall–Kier alpha value is -2.67. The van der Waals surface area contributed by atoms with Crippen molar-refractivity contribution in [1.29, 1.82) is 0 Å². The molecule has 3 rings (SSSR count). The number of hydrogen-bond acceptors (Lipinski definition) is 5. The van der Waals surface area contributed by atoms with Crippen LogP contribution in [0.2, 0.25) is 0 Å². The third-order valence-corrected chi connectivity index (χ3v) is 3.82. The van der Waals surface area contributed by atoms with Crippen molar-refractivity contribution < 1.29 is 14.3 Å². The van der Waals surface area contributed by atoms with E-state index in [-0.39, 0.29) is 31.2 Å². The topological polar surface area (TPSA) is 90.4 Å². The van der Waals surface area contributed by atoms with Gasteiger partial charge in [0, 0.05) is 6.42 Å². The zero-order valence-electron chi connectivity index (χ0n) is 12.6. The number of ether oxygens (including phenoxy) is 2. The highest BCUT2D eigenvalue weighted by Gasteiger charge is 2.19. The van der Waals surface area contributed by atoms with Gasteiger partial charge in [-0.2, -0.15) is 0 Å². The van der Waals surface area contributed by atoms with Crippen LogP contribution in [0, 0.1) is 0 Å². The summed E-state index contributed by atoms with van der Waals surface area (Å²) in [5.74, 6) is -0.277. The molecule has 7 heteroatoms. The fraction of sp³-hybridized carbons (Fsp3) is 0.312. The molecule has 120 valence electrons. The van der Waals surface area contributed by atoms with Crippen LogP contribution >= 0.6 is 0 Å². The van der Waals surface area contributed by atoms with Gasteiger partial charge in [0.2, 0.25) is 0 Å². The number of carbonyl (C=O) groups is 1. The third kappa shape index (κ3) is 2.95. The number of nitrogens with zero attached hydrogens (tertiary/aromatic N) is 1. The van der Waals surface area contributed by atoms with Crippen molar-refractivity contribution in [2.24, 2.45) is 0 Å². The molecule has 2 heterocycles. The number of benzene rings is 1. The molecule has 1 N–H and O–H groups in total. The number of carbonyl (C=O) groups excluding carboxylic acids is 1. The van der Waals surface area contributed by atoms with Crippen molar-refractivity contribution in [3.8, 4) is 5.69 Å². The van der Waals surface area contributed by atoms with Gasteiger partial charge < -0.3 is 14.5 Å². The van der Waals surface area contributed by atoms with Gasteiger partial charge in [-0.15, -0.1) is 0 Å². The van der Waals surface area contributed by atoms with E-state index in [2.05, 4.69) is 9.72 Å². The zero-order chi connectivity index (χ0) is 16.4. The highest BCUT2D eigenvalue weighted by Crippen LogP contribution is 2.13. The van der Waals surface area contributed by atoms with Crippen molar-refractivity contribution in [3.63, 3.8) is 0 Å². The summed E-state index contributed by atoms with van der Waals surface area (Å²) in [4.78, 5) is 38.4. The molecule has 1 aromatic heterocycles. The van der Waals surface area contributed by atoms with Crippen molar-refractivity contribution in [2.75, 3.05) is 7.11 Å². The second-order valence-corrected chi connectivity index (χ2v) is 5.26. The van der Waals surface area contributed by atoms with E-state index in [9.17, 15) is 14.4 Å². The number of nitrogens with one attached hydrogen (secondary N) is 1. The minimum absolute atomic E-state index is 0.210. The van der Waals surface area contributed by atoms with Crippen LogP contribution in [0.3, 0.4) is 0 Å². The molecular formula is C16H16N2O5. The van der Waals surface area contributed by atoms with E-state index in [0.717, 1.165) is 10.1 Å². The summed E-state index contributed by atoms with van der Waals surface area (Å²) in [5.41, 5.74) is 1.59. The summed E-state index contributed by atoms with van der Waals surface area (Å²) in [7, 11) is 1.35. The molecule has 0 atom stereocenters. The summed E-state index contributed by atoms with van der Waals surface area (Å²) in [6.07, 6.45) is 0.822. The fourth-order valence-corrected chi connectivity index (χ4v) is 2.54. The van der Waals surface area contributed by atoms with Gasteiger partial charge in [-0.25, -0.2) is 9.36 Å². The maximum atomic E-state index is 12.4. The molecule has 0 amide bonds. The quantitative estimate of drug-likeness (QED) is 0.837. The summed E-state index contributed by atoms with van der Waals surface area (Å²) in [6, 6.07) is 6.94. The molecule has 0 spiro atoms. The van der Waals surface area contributed by atoms with E-state index in [1.54, 1.807) is 24.3 Å². The minimum Gasteiger partial charge on any atom is -0.469 e. The molecule has 1 aliphatic heterocycles. The lowest BCUT2D eigenvalue weighted by Crippen LogP contribution is -2.36. The average Bonchev–Trinajstić information content (AvgIpc) is 3.02. The first-order chi connectivity index (χ1) is 11.1. The maximum absolute atomic E-state index is 12.4.